The molecule has 0 atom stereocenters. The van der Waals surface area contributed by atoms with Crippen LogP contribution in [0.25, 0.3) is 0 Å². The summed E-state index contributed by atoms with van der Waals surface area (Å²) in [6.45, 7) is 4.78. The van der Waals surface area contributed by atoms with Gasteiger partial charge in [0.2, 0.25) is 0 Å². The Bertz CT molecular complexity index is 510. The van der Waals surface area contributed by atoms with Gasteiger partial charge in [-0.3, -0.25) is 0 Å². The molecular weight excluding hydrogens is 296 g/mol. The van der Waals surface area contributed by atoms with Crippen LogP contribution in [0.1, 0.15) is 73.1 Å². The SMILES string of the molecule is CCCCCOC(=O)c1ccc(O)c(C(=O)OCCCCC)c1. The summed E-state index contributed by atoms with van der Waals surface area (Å²) in [6, 6.07) is 4.07. The van der Waals surface area contributed by atoms with Crippen molar-refractivity contribution in [1.82, 2.24) is 0 Å². The van der Waals surface area contributed by atoms with Crippen LogP contribution in [0.2, 0.25) is 0 Å². The summed E-state index contributed by atoms with van der Waals surface area (Å²) in [6.07, 6.45) is 5.64. The molecule has 0 amide bonds. The van der Waals surface area contributed by atoms with Crippen molar-refractivity contribution in [2.45, 2.75) is 52.4 Å². The maximum atomic E-state index is 12.0. The van der Waals surface area contributed by atoms with Gasteiger partial charge in [-0.25, -0.2) is 9.59 Å². The number of esters is 2. The second-order valence-corrected chi connectivity index (χ2v) is 5.42. The highest BCUT2D eigenvalue weighted by Gasteiger charge is 2.16. The van der Waals surface area contributed by atoms with E-state index in [2.05, 4.69) is 13.8 Å². The Morgan fingerprint density at radius 2 is 1.48 bits per heavy atom. The second-order valence-electron chi connectivity index (χ2n) is 5.42. The number of aromatic hydroxyl groups is 1. The number of hydrogen-bond acceptors (Lipinski definition) is 5. The molecule has 23 heavy (non-hydrogen) atoms. The third-order valence-corrected chi connectivity index (χ3v) is 3.41. The molecule has 0 aliphatic rings. The lowest BCUT2D eigenvalue weighted by atomic mass is 10.1. The third kappa shape index (κ3) is 6.72. The van der Waals surface area contributed by atoms with E-state index in [1.165, 1.54) is 18.2 Å². The van der Waals surface area contributed by atoms with Crippen molar-refractivity contribution in [2.24, 2.45) is 0 Å². The molecule has 0 saturated carbocycles. The van der Waals surface area contributed by atoms with E-state index in [0.29, 0.717) is 13.2 Å². The Hall–Kier alpha value is -2.04. The van der Waals surface area contributed by atoms with Gasteiger partial charge in [0, 0.05) is 0 Å². The van der Waals surface area contributed by atoms with E-state index in [4.69, 9.17) is 9.47 Å². The van der Waals surface area contributed by atoms with Crippen LogP contribution in [0, 0.1) is 0 Å². The van der Waals surface area contributed by atoms with Crippen LogP contribution in [-0.4, -0.2) is 30.3 Å². The van der Waals surface area contributed by atoms with Gasteiger partial charge in [0.25, 0.3) is 0 Å². The Kier molecular flexibility index (Phi) is 8.80. The zero-order valence-electron chi connectivity index (χ0n) is 14.0. The van der Waals surface area contributed by atoms with Crippen molar-refractivity contribution in [3.05, 3.63) is 29.3 Å². The summed E-state index contributed by atoms with van der Waals surface area (Å²) in [4.78, 5) is 23.9. The summed E-state index contributed by atoms with van der Waals surface area (Å²) in [5.41, 5.74) is 0.226. The van der Waals surface area contributed by atoms with Crippen LogP contribution in [0.15, 0.2) is 18.2 Å². The predicted octanol–water partition coefficient (Wildman–Crippen LogP) is 4.09. The number of benzene rings is 1. The van der Waals surface area contributed by atoms with Gasteiger partial charge in [0.05, 0.1) is 18.8 Å². The molecule has 128 valence electrons. The number of rotatable bonds is 10. The number of hydrogen-bond donors (Lipinski definition) is 1. The molecule has 0 saturated heterocycles. The van der Waals surface area contributed by atoms with Crippen molar-refractivity contribution in [3.63, 3.8) is 0 Å². The number of carbonyl (C=O) groups is 2. The first-order valence-corrected chi connectivity index (χ1v) is 8.27. The predicted molar refractivity (Wildman–Crippen MR) is 87.7 cm³/mol. The normalized spacial score (nSPS) is 10.3. The third-order valence-electron chi connectivity index (χ3n) is 3.41. The van der Waals surface area contributed by atoms with Crippen LogP contribution in [-0.2, 0) is 9.47 Å². The average molecular weight is 322 g/mol. The fourth-order valence-corrected chi connectivity index (χ4v) is 2.02. The molecule has 1 aromatic rings. The topological polar surface area (TPSA) is 72.8 Å². The van der Waals surface area contributed by atoms with Crippen LogP contribution in [0.5, 0.6) is 5.75 Å². The molecule has 0 radical (unpaired) electrons. The van der Waals surface area contributed by atoms with E-state index >= 15 is 0 Å². The maximum absolute atomic E-state index is 12.0. The Balaban J connectivity index is 2.63. The highest BCUT2D eigenvalue weighted by molar-refractivity contribution is 5.97. The highest BCUT2D eigenvalue weighted by atomic mass is 16.5. The molecule has 5 heteroatoms. The van der Waals surface area contributed by atoms with E-state index in [1.807, 2.05) is 0 Å². The van der Waals surface area contributed by atoms with Gasteiger partial charge in [0.1, 0.15) is 11.3 Å². The van der Waals surface area contributed by atoms with Gasteiger partial charge in [0.15, 0.2) is 0 Å². The van der Waals surface area contributed by atoms with E-state index < -0.39 is 11.9 Å². The Morgan fingerprint density at radius 1 is 0.913 bits per heavy atom. The van der Waals surface area contributed by atoms with Crippen molar-refractivity contribution in [2.75, 3.05) is 13.2 Å². The van der Waals surface area contributed by atoms with Gasteiger partial charge in [-0.2, -0.15) is 0 Å². The molecular formula is C18H26O5. The Morgan fingerprint density at radius 3 is 2.04 bits per heavy atom. The molecule has 0 aromatic heterocycles. The molecule has 0 aliphatic carbocycles. The van der Waals surface area contributed by atoms with E-state index in [1.54, 1.807) is 0 Å². The lowest BCUT2D eigenvalue weighted by molar-refractivity contribution is 0.0494. The van der Waals surface area contributed by atoms with E-state index in [0.717, 1.165) is 38.5 Å². The Labute approximate surface area is 137 Å². The van der Waals surface area contributed by atoms with E-state index in [-0.39, 0.29) is 16.9 Å². The summed E-state index contributed by atoms with van der Waals surface area (Å²) in [7, 11) is 0. The number of carbonyl (C=O) groups excluding carboxylic acids is 2. The van der Waals surface area contributed by atoms with Crippen molar-refractivity contribution < 1.29 is 24.2 Å². The molecule has 0 spiro atoms. The summed E-state index contributed by atoms with van der Waals surface area (Å²) in [5, 5.41) is 9.78. The molecule has 1 rings (SSSR count). The number of unbranched alkanes of at least 4 members (excludes halogenated alkanes) is 4. The minimum atomic E-state index is -0.626. The van der Waals surface area contributed by atoms with Crippen LogP contribution in [0.3, 0.4) is 0 Å². The van der Waals surface area contributed by atoms with Crippen molar-refractivity contribution in [3.8, 4) is 5.75 Å². The van der Waals surface area contributed by atoms with Crippen LogP contribution in [0.4, 0.5) is 0 Å². The second kappa shape index (κ2) is 10.6. The molecule has 1 aromatic carbocycles. The molecule has 1 N–H and O–H groups in total. The molecule has 0 heterocycles. The lowest BCUT2D eigenvalue weighted by Crippen LogP contribution is -2.10. The van der Waals surface area contributed by atoms with Crippen molar-refractivity contribution in [1.29, 1.82) is 0 Å². The number of phenolic OH excluding ortho intramolecular Hbond substituents is 1. The molecule has 0 aliphatic heterocycles. The fourth-order valence-electron chi connectivity index (χ4n) is 2.02. The van der Waals surface area contributed by atoms with Crippen LogP contribution < -0.4 is 0 Å². The first-order chi connectivity index (χ1) is 11.1. The molecule has 0 unspecified atom stereocenters. The first kappa shape index (κ1) is 19.0. The zero-order valence-corrected chi connectivity index (χ0v) is 14.0. The quantitative estimate of drug-likeness (QED) is 0.519. The zero-order chi connectivity index (χ0) is 17.1. The van der Waals surface area contributed by atoms with Gasteiger partial charge < -0.3 is 14.6 Å². The summed E-state index contributed by atoms with van der Waals surface area (Å²) in [5.74, 6) is -1.33. The van der Waals surface area contributed by atoms with E-state index in [9.17, 15) is 14.7 Å². The highest BCUT2D eigenvalue weighted by Crippen LogP contribution is 2.20. The first-order valence-electron chi connectivity index (χ1n) is 8.27. The molecule has 5 nitrogen and oxygen atoms in total. The summed E-state index contributed by atoms with van der Waals surface area (Å²) < 4.78 is 10.3. The van der Waals surface area contributed by atoms with Gasteiger partial charge in [-0.1, -0.05) is 39.5 Å². The fraction of sp³-hybridized carbons (Fsp3) is 0.556. The smallest absolute Gasteiger partial charge is 0.341 e. The monoisotopic (exact) mass is 322 g/mol. The molecule has 0 bridgehead atoms. The van der Waals surface area contributed by atoms with Gasteiger partial charge in [-0.05, 0) is 31.0 Å². The molecule has 0 fully saturated rings. The minimum absolute atomic E-state index is 0.00972. The minimum Gasteiger partial charge on any atom is -0.507 e. The van der Waals surface area contributed by atoms with Crippen molar-refractivity contribution >= 4 is 11.9 Å². The average Bonchev–Trinajstić information content (AvgIpc) is 2.55. The summed E-state index contributed by atoms with van der Waals surface area (Å²) >= 11 is 0. The number of ether oxygens (including phenoxy) is 2. The van der Waals surface area contributed by atoms with Gasteiger partial charge >= 0.3 is 11.9 Å². The lowest BCUT2D eigenvalue weighted by Gasteiger charge is -2.08. The maximum Gasteiger partial charge on any atom is 0.341 e. The number of phenols is 1. The standard InChI is InChI=1S/C18H26O5/c1-3-5-7-11-22-17(20)14-9-10-16(19)15(13-14)18(21)23-12-8-6-4-2/h9-10,13,19H,3-8,11-12H2,1-2H3. The largest absolute Gasteiger partial charge is 0.507 e. The van der Waals surface area contributed by atoms with Crippen LogP contribution >= 0.6 is 0 Å². The van der Waals surface area contributed by atoms with Gasteiger partial charge in [-0.15, -0.1) is 0 Å².